The Morgan fingerprint density at radius 3 is 2.86 bits per heavy atom. The van der Waals surface area contributed by atoms with E-state index in [1.807, 2.05) is 11.5 Å². The molecule has 0 spiro atoms. The van der Waals surface area contributed by atoms with Crippen LogP contribution in [0.5, 0.6) is 0 Å². The van der Waals surface area contributed by atoms with Gasteiger partial charge in [0.05, 0.1) is 0 Å². The van der Waals surface area contributed by atoms with Gasteiger partial charge in [0.2, 0.25) is 0 Å². The van der Waals surface area contributed by atoms with Crippen molar-refractivity contribution in [2.75, 3.05) is 5.75 Å². The van der Waals surface area contributed by atoms with Crippen molar-refractivity contribution < 1.29 is 0 Å². The summed E-state index contributed by atoms with van der Waals surface area (Å²) in [6, 6.07) is 0. The van der Waals surface area contributed by atoms with Crippen LogP contribution in [0.1, 0.15) is 0 Å². The van der Waals surface area contributed by atoms with Gasteiger partial charge < -0.3 is 0 Å². The van der Waals surface area contributed by atoms with Crippen LogP contribution in [-0.2, 0) is 0 Å². The highest BCUT2D eigenvalue weighted by atomic mass is 32.2. The molecule has 0 bridgehead atoms. The maximum atomic E-state index is 3.86. The summed E-state index contributed by atoms with van der Waals surface area (Å²) in [4.78, 5) is 0. The van der Waals surface area contributed by atoms with Crippen molar-refractivity contribution >= 4 is 24.4 Å². The van der Waals surface area contributed by atoms with Gasteiger partial charge in [-0.1, -0.05) is 6.08 Å². The molecule has 0 rings (SSSR count). The molecule has 0 amide bonds. The van der Waals surface area contributed by atoms with Crippen molar-refractivity contribution in [2.45, 2.75) is 0 Å². The van der Waals surface area contributed by atoms with Crippen LogP contribution in [0, 0.1) is 0 Å². The lowest BCUT2D eigenvalue weighted by Crippen LogP contribution is -1.57. The zero-order valence-corrected chi connectivity index (χ0v) is 5.71. The van der Waals surface area contributed by atoms with Gasteiger partial charge in [0.15, 0.2) is 0 Å². The van der Waals surface area contributed by atoms with Crippen LogP contribution in [-0.4, -0.2) is 5.75 Å². The Bertz CT molecular complexity index is 66.5. The standard InChI is InChI=1S/C5H8S2/c1-2-4-7-5-3-6/h2-3,5-6H,1,4H2. The second kappa shape index (κ2) is 6.18. The van der Waals surface area contributed by atoms with E-state index in [1.54, 1.807) is 17.2 Å². The molecule has 0 aliphatic carbocycles. The van der Waals surface area contributed by atoms with Gasteiger partial charge in [0.1, 0.15) is 0 Å². The fourth-order valence-corrected chi connectivity index (χ4v) is 0.758. The summed E-state index contributed by atoms with van der Waals surface area (Å²) in [6.07, 6.45) is 1.86. The Morgan fingerprint density at radius 2 is 2.43 bits per heavy atom. The first-order chi connectivity index (χ1) is 3.41. The average Bonchev–Trinajstić information content (AvgIpc) is 1.69. The molecule has 0 saturated heterocycles. The van der Waals surface area contributed by atoms with Gasteiger partial charge in [0, 0.05) is 5.75 Å². The predicted octanol–water partition coefficient (Wildman–Crippen LogP) is 2.31. The van der Waals surface area contributed by atoms with Crippen molar-refractivity contribution in [1.82, 2.24) is 0 Å². The molecule has 0 unspecified atom stereocenters. The summed E-state index contributed by atoms with van der Waals surface area (Å²) in [7, 11) is 0. The lowest BCUT2D eigenvalue weighted by molar-refractivity contribution is 1.83. The summed E-state index contributed by atoms with van der Waals surface area (Å²) in [5, 5.41) is 3.64. The van der Waals surface area contributed by atoms with Crippen LogP contribution in [0.15, 0.2) is 23.5 Å². The third kappa shape index (κ3) is 6.18. The molecule has 2 heteroatoms. The number of hydrogen-bond donors (Lipinski definition) is 1. The van der Waals surface area contributed by atoms with Crippen molar-refractivity contribution in [3.63, 3.8) is 0 Å². The second-order valence-electron chi connectivity index (χ2n) is 0.907. The molecular weight excluding hydrogens is 124 g/mol. The first-order valence-corrected chi connectivity index (χ1v) is 3.50. The fourth-order valence-electron chi connectivity index (χ4n) is 0.167. The molecule has 0 aliphatic rings. The highest BCUT2D eigenvalue weighted by Gasteiger charge is 1.68. The molecule has 0 atom stereocenters. The summed E-state index contributed by atoms with van der Waals surface area (Å²) in [5.41, 5.74) is 0. The number of rotatable bonds is 3. The number of thioether (sulfide) groups is 1. The lowest BCUT2D eigenvalue weighted by Gasteiger charge is -1.79. The molecule has 0 heterocycles. The van der Waals surface area contributed by atoms with E-state index in [9.17, 15) is 0 Å². The van der Waals surface area contributed by atoms with E-state index in [2.05, 4.69) is 19.2 Å². The summed E-state index contributed by atoms with van der Waals surface area (Å²) in [5.74, 6) is 0.969. The van der Waals surface area contributed by atoms with Crippen LogP contribution >= 0.6 is 24.4 Å². The zero-order chi connectivity index (χ0) is 5.54. The summed E-state index contributed by atoms with van der Waals surface area (Å²) in [6.45, 7) is 3.55. The highest BCUT2D eigenvalue weighted by molar-refractivity contribution is 8.02. The van der Waals surface area contributed by atoms with Crippen LogP contribution in [0.2, 0.25) is 0 Å². The zero-order valence-electron chi connectivity index (χ0n) is 4.00. The molecular formula is C5H8S2. The Labute approximate surface area is 54.1 Å². The maximum absolute atomic E-state index is 3.86. The minimum atomic E-state index is 0.969. The van der Waals surface area contributed by atoms with Gasteiger partial charge in [-0.3, -0.25) is 0 Å². The molecule has 0 aromatic heterocycles. The summed E-state index contributed by atoms with van der Waals surface area (Å²) < 4.78 is 0. The molecule has 7 heavy (non-hydrogen) atoms. The lowest BCUT2D eigenvalue weighted by atomic mass is 10.8. The molecule has 0 aromatic rings. The quantitative estimate of drug-likeness (QED) is 0.349. The molecule has 0 nitrogen and oxygen atoms in total. The van der Waals surface area contributed by atoms with Gasteiger partial charge in [0.25, 0.3) is 0 Å². The van der Waals surface area contributed by atoms with Gasteiger partial charge >= 0.3 is 0 Å². The number of thiol groups is 1. The van der Waals surface area contributed by atoms with Crippen molar-refractivity contribution in [2.24, 2.45) is 0 Å². The highest BCUT2D eigenvalue weighted by Crippen LogP contribution is 2.00. The Kier molecular flexibility index (Phi) is 6.34. The summed E-state index contributed by atoms with van der Waals surface area (Å²) >= 11 is 5.54. The van der Waals surface area contributed by atoms with E-state index in [1.165, 1.54) is 0 Å². The van der Waals surface area contributed by atoms with Crippen LogP contribution in [0.4, 0.5) is 0 Å². The fraction of sp³-hybridized carbons (Fsp3) is 0.200. The maximum Gasteiger partial charge on any atom is 0.0152 e. The first kappa shape index (κ1) is 7.18. The minimum Gasteiger partial charge on any atom is -0.151 e. The monoisotopic (exact) mass is 132 g/mol. The Hall–Kier alpha value is 0.180. The second-order valence-corrected chi connectivity index (χ2v) is 2.14. The van der Waals surface area contributed by atoms with Gasteiger partial charge in [-0.15, -0.1) is 18.3 Å². The molecule has 0 fully saturated rings. The molecule has 0 radical (unpaired) electrons. The van der Waals surface area contributed by atoms with E-state index in [4.69, 9.17) is 0 Å². The van der Waals surface area contributed by atoms with Gasteiger partial charge in [-0.2, -0.15) is 12.6 Å². The van der Waals surface area contributed by atoms with Crippen molar-refractivity contribution in [3.05, 3.63) is 23.5 Å². The molecule has 0 N–H and O–H groups in total. The third-order valence-corrected chi connectivity index (χ3v) is 1.48. The normalized spacial score (nSPS) is 9.86. The molecule has 0 aromatic carbocycles. The Morgan fingerprint density at radius 1 is 1.71 bits per heavy atom. The van der Waals surface area contributed by atoms with Crippen molar-refractivity contribution in [3.8, 4) is 0 Å². The Balaban J connectivity index is 2.82. The SMILES string of the molecule is C=CCSC=CS. The molecule has 0 aliphatic heterocycles. The third-order valence-electron chi connectivity index (χ3n) is 0.371. The smallest absolute Gasteiger partial charge is 0.0152 e. The minimum absolute atomic E-state index is 0.969. The predicted molar refractivity (Wildman–Crippen MR) is 40.8 cm³/mol. The van der Waals surface area contributed by atoms with E-state index in [-0.39, 0.29) is 0 Å². The van der Waals surface area contributed by atoms with E-state index in [0.29, 0.717) is 0 Å². The van der Waals surface area contributed by atoms with E-state index < -0.39 is 0 Å². The largest absolute Gasteiger partial charge is 0.151 e. The van der Waals surface area contributed by atoms with Crippen LogP contribution in [0.25, 0.3) is 0 Å². The average molecular weight is 132 g/mol. The molecule has 0 saturated carbocycles. The molecule has 40 valence electrons. The van der Waals surface area contributed by atoms with Crippen molar-refractivity contribution in [1.29, 1.82) is 0 Å². The van der Waals surface area contributed by atoms with Gasteiger partial charge in [-0.25, -0.2) is 0 Å². The topological polar surface area (TPSA) is 0 Å². The van der Waals surface area contributed by atoms with Crippen LogP contribution < -0.4 is 0 Å². The first-order valence-electron chi connectivity index (χ1n) is 1.93. The number of hydrogen-bond acceptors (Lipinski definition) is 2. The van der Waals surface area contributed by atoms with E-state index >= 15 is 0 Å². The van der Waals surface area contributed by atoms with Crippen LogP contribution in [0.3, 0.4) is 0 Å². The van der Waals surface area contributed by atoms with E-state index in [0.717, 1.165) is 5.75 Å². The van der Waals surface area contributed by atoms with Gasteiger partial charge in [-0.05, 0) is 10.8 Å².